The van der Waals surface area contributed by atoms with Crippen LogP contribution in [0.15, 0.2) is 12.3 Å². The quantitative estimate of drug-likeness (QED) is 0.416. The Morgan fingerprint density at radius 1 is 1.75 bits per heavy atom. The minimum atomic E-state index is 0.125. The van der Waals surface area contributed by atoms with Crippen molar-refractivity contribution in [3.8, 4) is 0 Å². The Morgan fingerprint density at radius 3 is 3.00 bits per heavy atom. The molecular formula is C6H15NSi. The lowest BCUT2D eigenvalue weighted by Gasteiger charge is -1.93. The van der Waals surface area contributed by atoms with Gasteiger partial charge in [0.25, 0.3) is 0 Å². The highest BCUT2D eigenvalue weighted by Gasteiger charge is 1.81. The van der Waals surface area contributed by atoms with Crippen LogP contribution in [0.2, 0.25) is 6.04 Å². The number of hydrogen-bond donors (Lipinski definition) is 1. The maximum Gasteiger partial charge on any atom is 0.0446 e. The Labute approximate surface area is 54.0 Å². The summed E-state index contributed by atoms with van der Waals surface area (Å²) in [5, 5.41) is 3.11. The smallest absolute Gasteiger partial charge is 0.0446 e. The summed E-state index contributed by atoms with van der Waals surface area (Å²) in [6, 6.07) is 1.41. The van der Waals surface area contributed by atoms with Gasteiger partial charge >= 0.3 is 0 Å². The second kappa shape index (κ2) is 6.92. The molecular weight excluding hydrogens is 114 g/mol. The molecule has 0 rings (SSSR count). The fourth-order valence-corrected chi connectivity index (χ4v) is 1.42. The molecule has 0 aromatic rings. The predicted octanol–water partition coefficient (Wildman–Crippen LogP) is 0.326. The summed E-state index contributed by atoms with van der Waals surface area (Å²) < 4.78 is 0. The second-order valence-electron chi connectivity index (χ2n) is 1.89. The topological polar surface area (TPSA) is 12.0 Å². The third kappa shape index (κ3) is 5.92. The summed E-state index contributed by atoms with van der Waals surface area (Å²) in [5.41, 5.74) is 2.11. The van der Waals surface area contributed by atoms with Crippen LogP contribution >= 0.6 is 0 Å². The largest absolute Gasteiger partial charge is 0.320 e. The number of rotatable bonds is 5. The van der Waals surface area contributed by atoms with Crippen molar-refractivity contribution in [3.05, 3.63) is 12.3 Å². The zero-order valence-corrected chi connectivity index (χ0v) is 7.03. The zero-order valence-electron chi connectivity index (χ0n) is 5.61. The summed E-state index contributed by atoms with van der Waals surface area (Å²) >= 11 is 0. The van der Waals surface area contributed by atoms with Crippen LogP contribution in [0.25, 0.3) is 0 Å². The molecule has 0 amide bonds. The van der Waals surface area contributed by atoms with Gasteiger partial charge in [-0.15, -0.1) is 12.3 Å². The minimum absolute atomic E-state index is 0.125. The third-order valence-electron chi connectivity index (χ3n) is 1.09. The normalized spacial score (nSPS) is 10.6. The summed E-state index contributed by atoms with van der Waals surface area (Å²) in [5.74, 6) is 0. The van der Waals surface area contributed by atoms with E-state index in [1.54, 1.807) is 0 Å². The molecule has 0 saturated carbocycles. The van der Waals surface area contributed by atoms with E-state index in [1.165, 1.54) is 19.0 Å². The average molecular weight is 129 g/mol. The molecule has 48 valence electrons. The van der Waals surface area contributed by atoms with E-state index in [2.05, 4.69) is 17.6 Å². The number of hydrogen-bond acceptors (Lipinski definition) is 1. The Morgan fingerprint density at radius 2 is 2.50 bits per heavy atom. The third-order valence-corrected chi connectivity index (χ3v) is 2.40. The Hall–Kier alpha value is -0.0831. The van der Waals surface area contributed by atoms with Crippen LogP contribution < -0.4 is 5.32 Å². The van der Waals surface area contributed by atoms with Gasteiger partial charge in [-0.25, -0.2) is 0 Å². The van der Waals surface area contributed by atoms with E-state index in [0.717, 1.165) is 0 Å². The first-order valence-electron chi connectivity index (χ1n) is 3.17. The minimum Gasteiger partial charge on any atom is -0.320 e. The Balaban J connectivity index is 2.62. The van der Waals surface area contributed by atoms with Crippen LogP contribution in [0.4, 0.5) is 0 Å². The monoisotopic (exact) mass is 129 g/mol. The van der Waals surface area contributed by atoms with Crippen molar-refractivity contribution in [2.24, 2.45) is 0 Å². The summed E-state index contributed by atoms with van der Waals surface area (Å²) in [4.78, 5) is 0. The summed E-state index contributed by atoms with van der Waals surface area (Å²) in [7, 11) is 2.12. The standard InChI is InChI=1S/C6H15NSi/c1-3-8-6-4-5-7-2/h3,7H,1,4-6,8H2,2H3. The van der Waals surface area contributed by atoms with Crippen molar-refractivity contribution in [2.45, 2.75) is 12.5 Å². The molecule has 0 spiro atoms. The number of nitrogens with one attached hydrogen (secondary N) is 1. The fourth-order valence-electron chi connectivity index (χ4n) is 0.590. The van der Waals surface area contributed by atoms with Gasteiger partial charge in [0.15, 0.2) is 0 Å². The summed E-state index contributed by atoms with van der Waals surface area (Å²) in [6.45, 7) is 4.87. The van der Waals surface area contributed by atoms with Crippen LogP contribution in [-0.4, -0.2) is 23.1 Å². The molecule has 0 bridgehead atoms. The molecule has 0 saturated heterocycles. The highest BCUT2D eigenvalue weighted by atomic mass is 28.2. The van der Waals surface area contributed by atoms with Gasteiger partial charge in [0.1, 0.15) is 0 Å². The van der Waals surface area contributed by atoms with Gasteiger partial charge in [-0.3, -0.25) is 0 Å². The Kier molecular flexibility index (Phi) is 6.85. The molecule has 0 radical (unpaired) electrons. The van der Waals surface area contributed by atoms with Crippen molar-refractivity contribution in [1.29, 1.82) is 0 Å². The van der Waals surface area contributed by atoms with Crippen molar-refractivity contribution < 1.29 is 0 Å². The van der Waals surface area contributed by atoms with Gasteiger partial charge in [0, 0.05) is 9.52 Å². The SMILES string of the molecule is C=C[SiH2]CCCNC. The lowest BCUT2D eigenvalue weighted by Crippen LogP contribution is -2.07. The van der Waals surface area contributed by atoms with Crippen molar-refractivity contribution in [1.82, 2.24) is 5.32 Å². The fraction of sp³-hybridized carbons (Fsp3) is 0.667. The molecule has 1 N–H and O–H groups in total. The van der Waals surface area contributed by atoms with Crippen LogP contribution in [0.1, 0.15) is 6.42 Å². The predicted molar refractivity (Wildman–Crippen MR) is 42.1 cm³/mol. The van der Waals surface area contributed by atoms with Crippen LogP contribution in [0.3, 0.4) is 0 Å². The first-order valence-corrected chi connectivity index (χ1v) is 4.99. The highest BCUT2D eigenvalue weighted by Crippen LogP contribution is 1.84. The van der Waals surface area contributed by atoms with E-state index < -0.39 is 0 Å². The molecule has 0 aromatic carbocycles. The molecule has 0 aliphatic carbocycles. The van der Waals surface area contributed by atoms with Gasteiger partial charge in [-0.2, -0.15) is 0 Å². The molecule has 0 aromatic heterocycles. The van der Waals surface area contributed by atoms with E-state index in [0.29, 0.717) is 0 Å². The van der Waals surface area contributed by atoms with Crippen molar-refractivity contribution in [2.75, 3.05) is 13.6 Å². The van der Waals surface area contributed by atoms with E-state index in [1.807, 2.05) is 7.05 Å². The Bertz CT molecular complexity index is 54.5. The molecule has 0 aliphatic heterocycles. The van der Waals surface area contributed by atoms with E-state index in [-0.39, 0.29) is 9.52 Å². The zero-order chi connectivity index (χ0) is 6.24. The maximum atomic E-state index is 3.70. The van der Waals surface area contributed by atoms with E-state index >= 15 is 0 Å². The van der Waals surface area contributed by atoms with Crippen LogP contribution in [-0.2, 0) is 0 Å². The molecule has 0 aliphatic rings. The van der Waals surface area contributed by atoms with Gasteiger partial charge in [-0.05, 0) is 20.0 Å². The van der Waals surface area contributed by atoms with Crippen LogP contribution in [0.5, 0.6) is 0 Å². The second-order valence-corrected chi connectivity index (χ2v) is 3.75. The lowest BCUT2D eigenvalue weighted by atomic mass is 10.5. The van der Waals surface area contributed by atoms with Gasteiger partial charge < -0.3 is 5.32 Å². The molecule has 0 fully saturated rings. The van der Waals surface area contributed by atoms with E-state index in [9.17, 15) is 0 Å². The molecule has 0 atom stereocenters. The van der Waals surface area contributed by atoms with E-state index in [4.69, 9.17) is 0 Å². The first kappa shape index (κ1) is 7.92. The molecule has 2 heteroatoms. The van der Waals surface area contributed by atoms with Crippen LogP contribution in [0, 0.1) is 0 Å². The maximum absolute atomic E-state index is 3.70. The molecule has 0 unspecified atom stereocenters. The highest BCUT2D eigenvalue weighted by molar-refractivity contribution is 6.41. The van der Waals surface area contributed by atoms with Crippen molar-refractivity contribution in [3.63, 3.8) is 0 Å². The lowest BCUT2D eigenvalue weighted by molar-refractivity contribution is 0.770. The first-order chi connectivity index (χ1) is 3.91. The van der Waals surface area contributed by atoms with Gasteiger partial charge in [0.05, 0.1) is 0 Å². The molecule has 8 heavy (non-hydrogen) atoms. The molecule has 1 nitrogen and oxygen atoms in total. The summed E-state index contributed by atoms with van der Waals surface area (Å²) in [6.07, 6.45) is 1.33. The van der Waals surface area contributed by atoms with Gasteiger partial charge in [-0.1, -0.05) is 6.04 Å². The van der Waals surface area contributed by atoms with Crippen molar-refractivity contribution >= 4 is 9.52 Å². The molecule has 0 heterocycles. The average Bonchev–Trinajstić information content (AvgIpc) is 1.81. The van der Waals surface area contributed by atoms with Gasteiger partial charge in [0.2, 0.25) is 0 Å².